The summed E-state index contributed by atoms with van der Waals surface area (Å²) in [5.41, 5.74) is 1.86. The predicted octanol–water partition coefficient (Wildman–Crippen LogP) is 2.93. The molecule has 1 N–H and O–H groups in total. The fraction of sp³-hybridized carbons (Fsp3) is 0.429. The van der Waals surface area contributed by atoms with Crippen molar-refractivity contribution in [1.29, 1.82) is 5.26 Å². The van der Waals surface area contributed by atoms with Gasteiger partial charge in [0.05, 0.1) is 12.6 Å². The summed E-state index contributed by atoms with van der Waals surface area (Å²) < 4.78 is 0.997. The zero-order valence-electron chi connectivity index (χ0n) is 11.2. The highest BCUT2D eigenvalue weighted by Gasteiger charge is 2.08. The van der Waals surface area contributed by atoms with Crippen LogP contribution in [0.4, 0.5) is 5.69 Å². The molecular formula is C14H18BrN3O. The van der Waals surface area contributed by atoms with Crippen LogP contribution in [-0.2, 0) is 4.79 Å². The van der Waals surface area contributed by atoms with E-state index in [0.717, 1.165) is 28.7 Å². The van der Waals surface area contributed by atoms with E-state index in [1.54, 1.807) is 0 Å². The van der Waals surface area contributed by atoms with E-state index in [-0.39, 0.29) is 5.91 Å². The third-order valence-electron chi connectivity index (χ3n) is 2.70. The third kappa shape index (κ3) is 5.86. The van der Waals surface area contributed by atoms with Crippen molar-refractivity contribution in [3.8, 4) is 6.07 Å². The Labute approximate surface area is 122 Å². The fourth-order valence-corrected chi connectivity index (χ4v) is 2.18. The van der Waals surface area contributed by atoms with Gasteiger partial charge < -0.3 is 5.32 Å². The Balaban J connectivity index is 2.44. The number of benzene rings is 1. The minimum atomic E-state index is -0.0371. The topological polar surface area (TPSA) is 56.1 Å². The van der Waals surface area contributed by atoms with Gasteiger partial charge in [0.25, 0.3) is 0 Å². The number of carbonyl (C=O) groups is 1. The van der Waals surface area contributed by atoms with Crippen LogP contribution in [-0.4, -0.2) is 30.9 Å². The highest BCUT2D eigenvalue weighted by molar-refractivity contribution is 9.10. The first-order valence-corrected chi connectivity index (χ1v) is 6.93. The summed E-state index contributed by atoms with van der Waals surface area (Å²) in [6, 6.07) is 7.85. The Kier molecular flexibility index (Phi) is 6.54. The van der Waals surface area contributed by atoms with Crippen molar-refractivity contribution in [3.05, 3.63) is 28.2 Å². The summed E-state index contributed by atoms with van der Waals surface area (Å²) in [5, 5.41) is 11.3. The van der Waals surface area contributed by atoms with Crippen LogP contribution in [0.3, 0.4) is 0 Å². The lowest BCUT2D eigenvalue weighted by Crippen LogP contribution is -2.31. The van der Waals surface area contributed by atoms with Gasteiger partial charge in [-0.3, -0.25) is 9.69 Å². The van der Waals surface area contributed by atoms with Crippen molar-refractivity contribution < 1.29 is 4.79 Å². The molecule has 0 unspecified atom stereocenters. The number of nitrogens with zero attached hydrogens (tertiary/aromatic N) is 2. The molecule has 0 saturated heterocycles. The van der Waals surface area contributed by atoms with E-state index in [2.05, 4.69) is 27.3 Å². The second-order valence-electron chi connectivity index (χ2n) is 4.51. The number of rotatable bonds is 6. The number of hydrogen-bond acceptors (Lipinski definition) is 3. The van der Waals surface area contributed by atoms with Gasteiger partial charge in [0.1, 0.15) is 0 Å². The average Bonchev–Trinajstić information content (AvgIpc) is 2.33. The van der Waals surface area contributed by atoms with Crippen LogP contribution in [0.2, 0.25) is 0 Å². The number of likely N-dealkylation sites (N-methyl/N-ethyl adjacent to an activating group) is 1. The van der Waals surface area contributed by atoms with Crippen LogP contribution < -0.4 is 5.32 Å². The molecule has 5 heteroatoms. The smallest absolute Gasteiger partial charge is 0.238 e. The van der Waals surface area contributed by atoms with Crippen LogP contribution in [0.5, 0.6) is 0 Å². The minimum Gasteiger partial charge on any atom is -0.325 e. The number of amides is 1. The number of halogens is 1. The number of nitriles is 1. The first-order valence-electron chi connectivity index (χ1n) is 6.14. The number of unbranched alkanes of at least 4 members (excludes halogenated alkanes) is 1. The highest BCUT2D eigenvalue weighted by Crippen LogP contribution is 2.19. The monoisotopic (exact) mass is 323 g/mol. The van der Waals surface area contributed by atoms with Crippen molar-refractivity contribution in [2.45, 2.75) is 19.8 Å². The first kappa shape index (κ1) is 15.7. The summed E-state index contributed by atoms with van der Waals surface area (Å²) in [7, 11) is 1.88. The lowest BCUT2D eigenvalue weighted by molar-refractivity contribution is -0.117. The standard InChI is InChI=1S/C14H18BrN3O/c1-11-9-12(15)5-6-13(11)17-14(19)10-18(2)8-4-3-7-16/h5-6,9H,3-4,8,10H2,1-2H3,(H,17,19). The molecule has 0 heterocycles. The summed E-state index contributed by atoms with van der Waals surface area (Å²) >= 11 is 3.39. The molecule has 1 rings (SSSR count). The lowest BCUT2D eigenvalue weighted by atomic mass is 10.2. The number of hydrogen-bond donors (Lipinski definition) is 1. The molecule has 0 spiro atoms. The molecule has 102 valence electrons. The molecular weight excluding hydrogens is 306 g/mol. The van der Waals surface area contributed by atoms with Gasteiger partial charge in [-0.15, -0.1) is 0 Å². The van der Waals surface area contributed by atoms with Crippen LogP contribution in [0.25, 0.3) is 0 Å². The normalized spacial score (nSPS) is 10.3. The Bertz CT molecular complexity index is 482. The largest absolute Gasteiger partial charge is 0.325 e. The molecule has 0 saturated carbocycles. The predicted molar refractivity (Wildman–Crippen MR) is 79.9 cm³/mol. The van der Waals surface area contributed by atoms with E-state index in [1.807, 2.05) is 37.1 Å². The van der Waals surface area contributed by atoms with Gasteiger partial charge in [-0.1, -0.05) is 15.9 Å². The Morgan fingerprint density at radius 3 is 2.89 bits per heavy atom. The molecule has 0 radical (unpaired) electrons. The van der Waals surface area contributed by atoms with Gasteiger partial charge in [0, 0.05) is 16.6 Å². The Morgan fingerprint density at radius 2 is 2.26 bits per heavy atom. The molecule has 19 heavy (non-hydrogen) atoms. The summed E-state index contributed by atoms with van der Waals surface area (Å²) in [5.74, 6) is -0.0371. The van der Waals surface area contributed by atoms with Crippen LogP contribution >= 0.6 is 15.9 Å². The number of aryl methyl sites for hydroxylation is 1. The molecule has 1 aromatic rings. The number of carbonyl (C=O) groups excluding carboxylic acids is 1. The van der Waals surface area contributed by atoms with Crippen molar-refractivity contribution in [2.24, 2.45) is 0 Å². The third-order valence-corrected chi connectivity index (χ3v) is 3.20. The van der Waals surface area contributed by atoms with Crippen LogP contribution in [0.1, 0.15) is 18.4 Å². The van der Waals surface area contributed by atoms with E-state index in [9.17, 15) is 4.79 Å². The minimum absolute atomic E-state index is 0.0371. The molecule has 0 aromatic heterocycles. The molecule has 1 aromatic carbocycles. The SMILES string of the molecule is Cc1cc(Br)ccc1NC(=O)CN(C)CCCC#N. The summed E-state index contributed by atoms with van der Waals surface area (Å²) in [6.45, 7) is 3.04. The van der Waals surface area contributed by atoms with Crippen LogP contribution in [0, 0.1) is 18.3 Å². The maximum absolute atomic E-state index is 11.9. The van der Waals surface area contributed by atoms with E-state index >= 15 is 0 Å². The highest BCUT2D eigenvalue weighted by atomic mass is 79.9. The fourth-order valence-electron chi connectivity index (χ4n) is 1.71. The van der Waals surface area contributed by atoms with Gasteiger partial charge in [-0.2, -0.15) is 5.26 Å². The number of nitrogens with one attached hydrogen (secondary N) is 1. The number of anilines is 1. The van der Waals surface area contributed by atoms with E-state index in [4.69, 9.17) is 5.26 Å². The Hall–Kier alpha value is -1.38. The quantitative estimate of drug-likeness (QED) is 0.819. The van der Waals surface area contributed by atoms with E-state index in [0.29, 0.717) is 13.0 Å². The zero-order chi connectivity index (χ0) is 14.3. The Morgan fingerprint density at radius 1 is 1.53 bits per heavy atom. The average molecular weight is 324 g/mol. The molecule has 4 nitrogen and oxygen atoms in total. The van der Waals surface area contributed by atoms with Crippen molar-refractivity contribution in [1.82, 2.24) is 4.90 Å². The maximum atomic E-state index is 11.9. The van der Waals surface area contributed by atoms with Gasteiger partial charge in [0.15, 0.2) is 0 Å². The van der Waals surface area contributed by atoms with Crippen molar-refractivity contribution in [3.63, 3.8) is 0 Å². The molecule has 0 aliphatic rings. The second kappa shape index (κ2) is 7.93. The summed E-state index contributed by atoms with van der Waals surface area (Å²) in [6.07, 6.45) is 1.31. The summed E-state index contributed by atoms with van der Waals surface area (Å²) in [4.78, 5) is 13.8. The molecule has 0 aliphatic heterocycles. The zero-order valence-corrected chi connectivity index (χ0v) is 12.8. The lowest BCUT2D eigenvalue weighted by Gasteiger charge is -2.16. The van der Waals surface area contributed by atoms with Gasteiger partial charge >= 0.3 is 0 Å². The van der Waals surface area contributed by atoms with Gasteiger partial charge in [-0.05, 0) is 50.7 Å². The second-order valence-corrected chi connectivity index (χ2v) is 5.42. The maximum Gasteiger partial charge on any atom is 0.238 e. The van der Waals surface area contributed by atoms with Crippen molar-refractivity contribution in [2.75, 3.05) is 25.5 Å². The molecule has 1 amide bonds. The van der Waals surface area contributed by atoms with E-state index < -0.39 is 0 Å². The van der Waals surface area contributed by atoms with E-state index in [1.165, 1.54) is 0 Å². The first-order chi connectivity index (χ1) is 9.02. The van der Waals surface area contributed by atoms with Crippen LogP contribution in [0.15, 0.2) is 22.7 Å². The molecule has 0 aliphatic carbocycles. The van der Waals surface area contributed by atoms with Gasteiger partial charge in [0.2, 0.25) is 5.91 Å². The van der Waals surface area contributed by atoms with Gasteiger partial charge in [-0.25, -0.2) is 0 Å². The molecule has 0 bridgehead atoms. The van der Waals surface area contributed by atoms with Crippen molar-refractivity contribution >= 4 is 27.5 Å². The molecule has 0 atom stereocenters. The molecule has 0 fully saturated rings.